The molecule has 0 radical (unpaired) electrons. The van der Waals surface area contributed by atoms with E-state index in [-0.39, 0.29) is 12.0 Å². The Morgan fingerprint density at radius 3 is 2.52 bits per heavy atom. The number of carbonyl (C=O) groups is 1. The lowest BCUT2D eigenvalue weighted by molar-refractivity contribution is -0.118. The van der Waals surface area contributed by atoms with E-state index in [2.05, 4.69) is 37.4 Å². The first kappa shape index (κ1) is 18.1. The third kappa shape index (κ3) is 8.79. The van der Waals surface area contributed by atoms with Crippen LogP contribution in [0.4, 0.5) is 0 Å². The number of benzene rings is 1. The minimum Gasteiger partial charge on any atom is -0.379 e. The van der Waals surface area contributed by atoms with Crippen molar-refractivity contribution in [2.75, 3.05) is 18.9 Å². The second-order valence-electron chi connectivity index (χ2n) is 5.61. The molecule has 3 nitrogen and oxygen atoms in total. The molecule has 0 fully saturated rings. The van der Waals surface area contributed by atoms with Crippen molar-refractivity contribution in [2.45, 2.75) is 46.0 Å². The molecule has 0 aliphatic carbocycles. The Morgan fingerprint density at radius 1 is 1.24 bits per heavy atom. The standard InChI is InChI=1S/C17H27NO2S/c1-13(2)20-7-5-6-18-17(19)12-21-11-16-9-14(3)8-15(4)10-16/h8-10,13H,5-7,11-12H2,1-4H3,(H,18,19). The van der Waals surface area contributed by atoms with E-state index in [1.807, 2.05) is 13.8 Å². The highest BCUT2D eigenvalue weighted by Crippen LogP contribution is 2.15. The van der Waals surface area contributed by atoms with E-state index in [1.54, 1.807) is 11.8 Å². The van der Waals surface area contributed by atoms with Crippen LogP contribution in [-0.4, -0.2) is 30.9 Å². The Morgan fingerprint density at radius 2 is 1.90 bits per heavy atom. The second-order valence-corrected chi connectivity index (χ2v) is 6.60. The molecule has 0 aliphatic rings. The molecular formula is C17H27NO2S. The number of nitrogens with one attached hydrogen (secondary N) is 1. The van der Waals surface area contributed by atoms with Gasteiger partial charge in [-0.15, -0.1) is 11.8 Å². The lowest BCUT2D eigenvalue weighted by atomic mass is 10.1. The first-order chi connectivity index (χ1) is 9.97. The zero-order valence-corrected chi connectivity index (χ0v) is 14.4. The van der Waals surface area contributed by atoms with Crippen molar-refractivity contribution < 1.29 is 9.53 Å². The maximum atomic E-state index is 11.7. The van der Waals surface area contributed by atoms with Gasteiger partial charge in [-0.2, -0.15) is 0 Å². The van der Waals surface area contributed by atoms with Gasteiger partial charge in [0.15, 0.2) is 0 Å². The molecule has 0 aliphatic heterocycles. The Bertz CT molecular complexity index is 426. The topological polar surface area (TPSA) is 38.3 Å². The molecule has 0 saturated carbocycles. The molecule has 1 amide bonds. The van der Waals surface area contributed by atoms with Crippen LogP contribution >= 0.6 is 11.8 Å². The van der Waals surface area contributed by atoms with Crippen molar-refractivity contribution >= 4 is 17.7 Å². The monoisotopic (exact) mass is 309 g/mol. The second kappa shape index (κ2) is 9.85. The van der Waals surface area contributed by atoms with Gasteiger partial charge in [0.2, 0.25) is 5.91 Å². The van der Waals surface area contributed by atoms with Crippen LogP contribution in [0.5, 0.6) is 0 Å². The van der Waals surface area contributed by atoms with Gasteiger partial charge in [-0.1, -0.05) is 29.3 Å². The molecule has 0 bridgehead atoms. The number of amides is 1. The highest BCUT2D eigenvalue weighted by Gasteiger charge is 2.02. The summed E-state index contributed by atoms with van der Waals surface area (Å²) >= 11 is 1.66. The van der Waals surface area contributed by atoms with E-state index in [0.29, 0.717) is 18.9 Å². The minimum atomic E-state index is 0.105. The lowest BCUT2D eigenvalue weighted by Gasteiger charge is -2.08. The molecule has 0 atom stereocenters. The summed E-state index contributed by atoms with van der Waals surface area (Å²) in [4.78, 5) is 11.7. The fourth-order valence-corrected chi connectivity index (χ4v) is 2.88. The lowest BCUT2D eigenvalue weighted by Crippen LogP contribution is -2.27. The molecule has 0 spiro atoms. The number of rotatable bonds is 9. The third-order valence-electron chi connectivity index (χ3n) is 2.88. The molecule has 0 unspecified atom stereocenters. The van der Waals surface area contributed by atoms with Gasteiger partial charge in [-0.25, -0.2) is 0 Å². The maximum Gasteiger partial charge on any atom is 0.230 e. The van der Waals surface area contributed by atoms with Gasteiger partial charge in [0.25, 0.3) is 0 Å². The Balaban J connectivity index is 2.13. The molecule has 118 valence electrons. The van der Waals surface area contributed by atoms with Gasteiger partial charge < -0.3 is 10.1 Å². The predicted molar refractivity (Wildman–Crippen MR) is 90.8 cm³/mol. The van der Waals surface area contributed by atoms with Crippen LogP contribution in [0.1, 0.15) is 37.0 Å². The van der Waals surface area contributed by atoms with Crippen molar-refractivity contribution in [1.29, 1.82) is 0 Å². The van der Waals surface area contributed by atoms with Crippen molar-refractivity contribution in [3.8, 4) is 0 Å². The van der Waals surface area contributed by atoms with E-state index >= 15 is 0 Å². The fourth-order valence-electron chi connectivity index (χ4n) is 2.08. The zero-order chi connectivity index (χ0) is 15.7. The molecule has 1 aromatic carbocycles. The van der Waals surface area contributed by atoms with E-state index in [9.17, 15) is 4.79 Å². The smallest absolute Gasteiger partial charge is 0.230 e. The number of hydrogen-bond acceptors (Lipinski definition) is 3. The molecule has 21 heavy (non-hydrogen) atoms. The number of aryl methyl sites for hydroxylation is 2. The number of ether oxygens (including phenoxy) is 1. The van der Waals surface area contributed by atoms with Gasteiger partial charge in [0.1, 0.15) is 0 Å². The van der Waals surface area contributed by atoms with Gasteiger partial charge in [0.05, 0.1) is 11.9 Å². The summed E-state index contributed by atoms with van der Waals surface area (Å²) in [6.45, 7) is 9.63. The van der Waals surface area contributed by atoms with Gasteiger partial charge in [0, 0.05) is 18.9 Å². The highest BCUT2D eigenvalue weighted by atomic mass is 32.2. The fraction of sp³-hybridized carbons (Fsp3) is 0.588. The average molecular weight is 309 g/mol. The van der Waals surface area contributed by atoms with Crippen LogP contribution in [0.15, 0.2) is 18.2 Å². The first-order valence-corrected chi connectivity index (χ1v) is 8.66. The number of hydrogen-bond donors (Lipinski definition) is 1. The van der Waals surface area contributed by atoms with Crippen LogP contribution in [-0.2, 0) is 15.3 Å². The molecule has 1 N–H and O–H groups in total. The van der Waals surface area contributed by atoms with Crippen LogP contribution in [0, 0.1) is 13.8 Å². The summed E-state index contributed by atoms with van der Waals surface area (Å²) in [5.74, 6) is 1.50. The van der Waals surface area contributed by atoms with E-state index in [0.717, 1.165) is 12.2 Å². The summed E-state index contributed by atoms with van der Waals surface area (Å²) < 4.78 is 5.43. The molecule has 0 heterocycles. The number of carbonyl (C=O) groups excluding carboxylic acids is 1. The van der Waals surface area contributed by atoms with Gasteiger partial charge in [-0.05, 0) is 39.7 Å². The van der Waals surface area contributed by atoms with Crippen molar-refractivity contribution in [3.05, 3.63) is 34.9 Å². The van der Waals surface area contributed by atoms with E-state index in [1.165, 1.54) is 16.7 Å². The molecule has 1 rings (SSSR count). The zero-order valence-electron chi connectivity index (χ0n) is 13.6. The number of thioether (sulfide) groups is 1. The third-order valence-corrected chi connectivity index (χ3v) is 3.88. The largest absolute Gasteiger partial charge is 0.379 e. The van der Waals surface area contributed by atoms with Crippen LogP contribution < -0.4 is 5.32 Å². The van der Waals surface area contributed by atoms with Gasteiger partial charge >= 0.3 is 0 Å². The summed E-state index contributed by atoms with van der Waals surface area (Å²) in [6, 6.07) is 6.53. The minimum absolute atomic E-state index is 0.105. The van der Waals surface area contributed by atoms with E-state index < -0.39 is 0 Å². The molecule has 1 aromatic rings. The molecule has 0 saturated heterocycles. The van der Waals surface area contributed by atoms with Crippen molar-refractivity contribution in [1.82, 2.24) is 5.32 Å². The molecule has 0 aromatic heterocycles. The van der Waals surface area contributed by atoms with Gasteiger partial charge in [-0.3, -0.25) is 4.79 Å². The highest BCUT2D eigenvalue weighted by molar-refractivity contribution is 7.99. The average Bonchev–Trinajstić information content (AvgIpc) is 2.36. The summed E-state index contributed by atoms with van der Waals surface area (Å²) in [6.07, 6.45) is 1.13. The SMILES string of the molecule is Cc1cc(C)cc(CSCC(=O)NCCCOC(C)C)c1. The Labute approximate surface area is 132 Å². The first-order valence-electron chi connectivity index (χ1n) is 7.50. The Hall–Kier alpha value is -1.00. The van der Waals surface area contributed by atoms with Crippen LogP contribution in [0.3, 0.4) is 0 Å². The normalized spacial score (nSPS) is 10.9. The maximum absolute atomic E-state index is 11.7. The van der Waals surface area contributed by atoms with Crippen molar-refractivity contribution in [3.63, 3.8) is 0 Å². The predicted octanol–water partition coefficient (Wildman–Crippen LogP) is 3.47. The van der Waals surface area contributed by atoms with Crippen LogP contribution in [0.25, 0.3) is 0 Å². The Kier molecular flexibility index (Phi) is 8.47. The summed E-state index contributed by atoms with van der Waals surface area (Å²) in [5.41, 5.74) is 3.84. The van der Waals surface area contributed by atoms with Crippen LogP contribution in [0.2, 0.25) is 0 Å². The van der Waals surface area contributed by atoms with E-state index in [4.69, 9.17) is 4.74 Å². The summed E-state index contributed by atoms with van der Waals surface area (Å²) in [7, 11) is 0. The molecular weight excluding hydrogens is 282 g/mol. The summed E-state index contributed by atoms with van der Waals surface area (Å²) in [5, 5.41) is 2.93. The van der Waals surface area contributed by atoms with Crippen molar-refractivity contribution in [2.24, 2.45) is 0 Å². The molecule has 4 heteroatoms. The quantitative estimate of drug-likeness (QED) is 0.710.